The lowest BCUT2D eigenvalue weighted by atomic mass is 9.75. The Bertz CT molecular complexity index is 2210. The van der Waals surface area contributed by atoms with Gasteiger partial charge in [0.2, 0.25) is 0 Å². The summed E-state index contributed by atoms with van der Waals surface area (Å²) in [4.78, 5) is 105. The van der Waals surface area contributed by atoms with Crippen molar-refractivity contribution in [1.82, 2.24) is 9.80 Å². The molecule has 2 aliphatic heterocycles. The van der Waals surface area contributed by atoms with Crippen molar-refractivity contribution in [2.24, 2.45) is 35.5 Å². The van der Waals surface area contributed by atoms with Crippen molar-refractivity contribution in [2.45, 2.75) is 51.7 Å². The predicted molar refractivity (Wildman–Crippen MR) is 207 cm³/mol. The minimum atomic E-state index is -1.28. The SMILES string of the molecule is C=C(C)C(=O)OCC(O)COC(=O)c1ccc2c(c1)C(=O)N(CC1CC3C4CC(CN5C(=O)c6ccc(C(=O)OCC(O)COC(=O)C(=C)C)cc6C5=O)C(C4)C3C1)C2=O. The molecule has 16 nitrogen and oxygen atoms in total. The van der Waals surface area contributed by atoms with Crippen molar-refractivity contribution in [2.75, 3.05) is 39.5 Å². The third-order valence-electron chi connectivity index (χ3n) is 12.3. The number of benzene rings is 2. The topological polar surface area (TPSA) is 220 Å². The van der Waals surface area contributed by atoms with E-state index >= 15 is 0 Å². The van der Waals surface area contributed by atoms with Gasteiger partial charge in [-0.1, -0.05) is 13.2 Å². The number of hydrogen-bond donors (Lipinski definition) is 2. The summed E-state index contributed by atoms with van der Waals surface area (Å²) in [6, 6.07) is 8.22. The smallest absolute Gasteiger partial charge is 0.338 e. The monoisotopic (exact) mass is 826 g/mol. The summed E-state index contributed by atoms with van der Waals surface area (Å²) in [7, 11) is 0. The molecule has 3 aliphatic carbocycles. The number of amides is 4. The summed E-state index contributed by atoms with van der Waals surface area (Å²) in [6.45, 7) is 8.55. The number of aliphatic hydroxyl groups excluding tert-OH is 2. The van der Waals surface area contributed by atoms with E-state index in [-0.39, 0.29) is 75.4 Å². The molecular weight excluding hydrogens is 780 g/mol. The number of imide groups is 2. The van der Waals surface area contributed by atoms with Gasteiger partial charge in [-0.15, -0.1) is 0 Å². The van der Waals surface area contributed by atoms with Crippen LogP contribution in [-0.4, -0.2) is 119 Å². The number of ether oxygens (including phenoxy) is 4. The molecule has 16 heteroatoms. The van der Waals surface area contributed by atoms with Gasteiger partial charge in [0.25, 0.3) is 23.6 Å². The Morgan fingerprint density at radius 2 is 1.03 bits per heavy atom. The molecule has 2 N–H and O–H groups in total. The number of carbonyl (C=O) groups excluding carboxylic acids is 8. The fraction of sp³-hybridized carbons (Fsp3) is 0.455. The van der Waals surface area contributed by atoms with Crippen LogP contribution in [0.4, 0.5) is 0 Å². The average molecular weight is 827 g/mol. The minimum Gasteiger partial charge on any atom is -0.459 e. The van der Waals surface area contributed by atoms with Crippen molar-refractivity contribution in [1.29, 1.82) is 0 Å². The summed E-state index contributed by atoms with van der Waals surface area (Å²) >= 11 is 0. The molecule has 0 aromatic heterocycles. The highest BCUT2D eigenvalue weighted by molar-refractivity contribution is 6.22. The number of esters is 4. The van der Waals surface area contributed by atoms with Crippen molar-refractivity contribution < 1.29 is 67.5 Å². The van der Waals surface area contributed by atoms with E-state index in [4.69, 9.17) is 18.9 Å². The van der Waals surface area contributed by atoms with Gasteiger partial charge in [-0.2, -0.15) is 0 Å². The van der Waals surface area contributed by atoms with Crippen molar-refractivity contribution in [3.8, 4) is 0 Å². The van der Waals surface area contributed by atoms with Gasteiger partial charge in [0, 0.05) is 24.2 Å². The third kappa shape index (κ3) is 8.26. The lowest BCUT2D eigenvalue weighted by molar-refractivity contribution is -0.143. The second-order valence-electron chi connectivity index (χ2n) is 16.5. The Labute approximate surface area is 345 Å². The maximum absolute atomic E-state index is 13.6. The Hall–Kier alpha value is -6.00. The Balaban J connectivity index is 0.907. The molecule has 8 unspecified atom stereocenters. The molecule has 0 radical (unpaired) electrons. The first-order valence-electron chi connectivity index (χ1n) is 19.9. The maximum Gasteiger partial charge on any atom is 0.338 e. The van der Waals surface area contributed by atoms with Crippen LogP contribution in [-0.2, 0) is 28.5 Å². The van der Waals surface area contributed by atoms with Crippen LogP contribution in [0.5, 0.6) is 0 Å². The number of carbonyl (C=O) groups is 8. The molecule has 0 saturated heterocycles. The Morgan fingerprint density at radius 3 is 1.52 bits per heavy atom. The molecule has 7 rings (SSSR count). The van der Waals surface area contributed by atoms with Crippen molar-refractivity contribution in [3.63, 3.8) is 0 Å². The zero-order valence-corrected chi connectivity index (χ0v) is 33.3. The summed E-state index contributed by atoms with van der Waals surface area (Å²) < 4.78 is 20.0. The van der Waals surface area contributed by atoms with Crippen LogP contribution in [0.2, 0.25) is 0 Å². The zero-order valence-electron chi connectivity index (χ0n) is 33.3. The number of fused-ring (bicyclic) bond motifs is 7. The molecule has 2 heterocycles. The van der Waals surface area contributed by atoms with Crippen LogP contribution in [0, 0.1) is 35.5 Å². The first-order chi connectivity index (χ1) is 28.5. The third-order valence-corrected chi connectivity index (χ3v) is 12.3. The van der Waals surface area contributed by atoms with Crippen LogP contribution in [0.15, 0.2) is 60.7 Å². The van der Waals surface area contributed by atoms with E-state index < -0.39 is 86.1 Å². The lowest BCUT2D eigenvalue weighted by Crippen LogP contribution is -2.38. The molecular formula is C44H46N2O14. The molecule has 8 atom stereocenters. The number of hydrogen-bond acceptors (Lipinski definition) is 14. The van der Waals surface area contributed by atoms with Gasteiger partial charge in [0.1, 0.15) is 38.6 Å². The average Bonchev–Trinajstić information content (AvgIpc) is 4.02. The largest absolute Gasteiger partial charge is 0.459 e. The van der Waals surface area contributed by atoms with E-state index in [1.165, 1.54) is 60.0 Å². The molecule has 4 amide bonds. The molecule has 60 heavy (non-hydrogen) atoms. The van der Waals surface area contributed by atoms with E-state index in [2.05, 4.69) is 13.2 Å². The van der Waals surface area contributed by atoms with E-state index in [9.17, 15) is 48.6 Å². The van der Waals surface area contributed by atoms with Gasteiger partial charge in [-0.05, 0) is 111 Å². The van der Waals surface area contributed by atoms with E-state index in [1.807, 2.05) is 0 Å². The van der Waals surface area contributed by atoms with E-state index in [0.717, 1.165) is 25.7 Å². The normalized spacial score (nSPS) is 24.5. The fourth-order valence-corrected chi connectivity index (χ4v) is 9.54. The van der Waals surface area contributed by atoms with Crippen molar-refractivity contribution >= 4 is 47.5 Å². The molecule has 316 valence electrons. The van der Waals surface area contributed by atoms with E-state index in [1.54, 1.807) is 0 Å². The Kier molecular flexibility index (Phi) is 11.9. The molecule has 3 fully saturated rings. The molecule has 2 aromatic rings. The minimum absolute atomic E-state index is 0.0233. The first kappa shape index (κ1) is 42.1. The number of nitrogens with zero attached hydrogens (tertiary/aromatic N) is 2. The predicted octanol–water partition coefficient (Wildman–Crippen LogP) is 3.15. The molecule has 5 aliphatic rings. The first-order valence-corrected chi connectivity index (χ1v) is 19.9. The van der Waals surface area contributed by atoms with Gasteiger partial charge < -0.3 is 29.2 Å². The maximum atomic E-state index is 13.6. The Morgan fingerprint density at radius 1 is 0.600 bits per heavy atom. The second kappa shape index (κ2) is 16.9. The molecule has 2 bridgehead atoms. The number of aliphatic hydroxyl groups is 2. The van der Waals surface area contributed by atoms with E-state index in [0.29, 0.717) is 17.8 Å². The zero-order chi connectivity index (χ0) is 43.2. The highest BCUT2D eigenvalue weighted by Crippen LogP contribution is 2.62. The van der Waals surface area contributed by atoms with Crippen LogP contribution < -0.4 is 0 Å². The summed E-state index contributed by atoms with van der Waals surface area (Å²) in [6.07, 6.45) is 0.900. The van der Waals surface area contributed by atoms with Gasteiger partial charge >= 0.3 is 23.9 Å². The summed E-state index contributed by atoms with van der Waals surface area (Å²) in [5.41, 5.74) is 0.910. The summed E-state index contributed by atoms with van der Waals surface area (Å²) in [5, 5.41) is 20.1. The van der Waals surface area contributed by atoms with Gasteiger partial charge in [0.15, 0.2) is 0 Å². The van der Waals surface area contributed by atoms with Crippen LogP contribution in [0.3, 0.4) is 0 Å². The van der Waals surface area contributed by atoms with Gasteiger partial charge in [-0.3, -0.25) is 29.0 Å². The van der Waals surface area contributed by atoms with Gasteiger partial charge in [-0.25, -0.2) is 19.2 Å². The molecule has 2 aromatic carbocycles. The van der Waals surface area contributed by atoms with Gasteiger partial charge in [0.05, 0.1) is 33.4 Å². The standard InChI is InChI=1S/C44H46N2O14/c1-21(2)41(53)57-17-28(47)19-59-43(55)24-5-7-30-35(12-24)39(51)45(37(30)49)15-23-9-32-26-11-27(33(14-26)34(32)10-23)16-46-38(50)31-8-6-25(13-36(31)40(46)52)44(56)60-20-29(48)18-58-42(54)22(3)4/h5-8,12-13,23,26-29,32-34,47-48H,1,3,9-11,14-20H2,2,4H3. The van der Waals surface area contributed by atoms with Crippen molar-refractivity contribution in [3.05, 3.63) is 94.1 Å². The highest BCUT2D eigenvalue weighted by Gasteiger charge is 2.57. The van der Waals surface area contributed by atoms with Crippen LogP contribution in [0.25, 0.3) is 0 Å². The number of rotatable bonds is 16. The lowest BCUT2D eigenvalue weighted by Gasteiger charge is -2.33. The van der Waals surface area contributed by atoms with Crippen LogP contribution >= 0.6 is 0 Å². The molecule has 0 spiro atoms. The fourth-order valence-electron chi connectivity index (χ4n) is 9.54. The summed E-state index contributed by atoms with van der Waals surface area (Å²) in [5.74, 6) is -3.41. The quantitative estimate of drug-likeness (QED) is 0.108. The van der Waals surface area contributed by atoms with Crippen LogP contribution in [0.1, 0.15) is 102 Å². The second-order valence-corrected chi connectivity index (χ2v) is 16.5. The highest BCUT2D eigenvalue weighted by atomic mass is 16.6. The molecule has 3 saturated carbocycles.